The molecule has 84 valence electrons. The third kappa shape index (κ3) is 1.66. The Balaban J connectivity index is 1.95. The van der Waals surface area contributed by atoms with Crippen molar-refractivity contribution in [1.29, 1.82) is 0 Å². The maximum Gasteiger partial charge on any atom is 0.230 e. The van der Waals surface area contributed by atoms with Crippen molar-refractivity contribution in [1.82, 2.24) is 0 Å². The van der Waals surface area contributed by atoms with Crippen LogP contribution in [0.15, 0.2) is 24.3 Å². The largest absolute Gasteiger partial charge is 0.491 e. The molecule has 0 N–H and O–H groups in total. The topological polar surface area (TPSA) is 29.5 Å². The Labute approximate surface area is 95.0 Å². The number of hydrogen-bond acceptors (Lipinski definition) is 2. The molecule has 0 atom stereocenters. The van der Waals surface area contributed by atoms with Gasteiger partial charge in [-0.1, -0.05) is 12.1 Å². The zero-order chi connectivity index (χ0) is 11.0. The van der Waals surface area contributed by atoms with Crippen LogP contribution in [-0.2, 0) is 4.79 Å². The van der Waals surface area contributed by atoms with E-state index in [1.54, 1.807) is 0 Å². The zero-order valence-corrected chi connectivity index (χ0v) is 9.19. The van der Waals surface area contributed by atoms with Crippen molar-refractivity contribution in [3.63, 3.8) is 0 Å². The molecule has 0 radical (unpaired) electrons. The molecule has 1 saturated carbocycles. The first kappa shape index (κ1) is 9.70. The molecular formula is C13H15NO2. The van der Waals surface area contributed by atoms with Gasteiger partial charge in [-0.25, -0.2) is 0 Å². The van der Waals surface area contributed by atoms with Gasteiger partial charge in [0.15, 0.2) is 0 Å². The second-order valence-corrected chi connectivity index (χ2v) is 4.43. The van der Waals surface area contributed by atoms with Crippen molar-refractivity contribution in [2.75, 3.05) is 18.1 Å². The molecule has 1 heterocycles. The predicted molar refractivity (Wildman–Crippen MR) is 61.6 cm³/mol. The molecule has 1 aliphatic heterocycles. The SMILES string of the molecule is O=C(C1CC1)N1CCCOc2ccccc21. The van der Waals surface area contributed by atoms with E-state index in [1.807, 2.05) is 29.2 Å². The highest BCUT2D eigenvalue weighted by Crippen LogP contribution is 2.36. The van der Waals surface area contributed by atoms with E-state index < -0.39 is 0 Å². The van der Waals surface area contributed by atoms with Crippen LogP contribution in [0, 0.1) is 5.92 Å². The first-order chi connectivity index (χ1) is 7.86. The minimum absolute atomic E-state index is 0.270. The lowest BCUT2D eigenvalue weighted by molar-refractivity contribution is -0.119. The van der Waals surface area contributed by atoms with Crippen molar-refractivity contribution in [2.45, 2.75) is 19.3 Å². The normalized spacial score (nSPS) is 19.6. The van der Waals surface area contributed by atoms with Crippen LogP contribution in [-0.4, -0.2) is 19.1 Å². The average molecular weight is 217 g/mol. The van der Waals surface area contributed by atoms with E-state index >= 15 is 0 Å². The second-order valence-electron chi connectivity index (χ2n) is 4.43. The zero-order valence-electron chi connectivity index (χ0n) is 9.19. The van der Waals surface area contributed by atoms with Gasteiger partial charge in [0.2, 0.25) is 5.91 Å². The van der Waals surface area contributed by atoms with E-state index in [0.717, 1.165) is 37.2 Å². The van der Waals surface area contributed by atoms with Crippen LogP contribution in [0.2, 0.25) is 0 Å². The predicted octanol–water partition coefficient (Wildman–Crippen LogP) is 2.21. The van der Waals surface area contributed by atoms with Gasteiger partial charge < -0.3 is 9.64 Å². The smallest absolute Gasteiger partial charge is 0.230 e. The number of rotatable bonds is 1. The van der Waals surface area contributed by atoms with Crippen LogP contribution in [0.1, 0.15) is 19.3 Å². The minimum Gasteiger partial charge on any atom is -0.491 e. The summed E-state index contributed by atoms with van der Waals surface area (Å²) in [6.07, 6.45) is 3.02. The van der Waals surface area contributed by atoms with Gasteiger partial charge in [0.05, 0.1) is 12.3 Å². The summed E-state index contributed by atoms with van der Waals surface area (Å²) >= 11 is 0. The summed E-state index contributed by atoms with van der Waals surface area (Å²) in [6, 6.07) is 7.82. The van der Waals surface area contributed by atoms with Crippen molar-refractivity contribution in [3.05, 3.63) is 24.3 Å². The number of para-hydroxylation sites is 2. The summed E-state index contributed by atoms with van der Waals surface area (Å²) in [5.74, 6) is 1.39. The molecule has 3 heteroatoms. The van der Waals surface area contributed by atoms with Crippen LogP contribution in [0.25, 0.3) is 0 Å². The molecule has 3 rings (SSSR count). The number of carbonyl (C=O) groups excluding carboxylic acids is 1. The number of amides is 1. The molecule has 0 saturated heterocycles. The molecule has 0 aromatic heterocycles. The Hall–Kier alpha value is -1.51. The molecule has 2 aliphatic rings. The van der Waals surface area contributed by atoms with Crippen molar-refractivity contribution < 1.29 is 9.53 Å². The molecule has 1 amide bonds. The van der Waals surface area contributed by atoms with Crippen LogP contribution < -0.4 is 9.64 Å². The van der Waals surface area contributed by atoms with E-state index in [0.29, 0.717) is 6.61 Å². The third-order valence-electron chi connectivity index (χ3n) is 3.13. The molecule has 0 bridgehead atoms. The lowest BCUT2D eigenvalue weighted by atomic mass is 10.2. The Kier molecular flexibility index (Phi) is 2.31. The number of benzene rings is 1. The third-order valence-corrected chi connectivity index (χ3v) is 3.13. The summed E-state index contributed by atoms with van der Waals surface area (Å²) in [7, 11) is 0. The lowest BCUT2D eigenvalue weighted by Crippen LogP contribution is -2.32. The standard InChI is InChI=1S/C13H15NO2/c15-13(10-6-7-10)14-8-3-9-16-12-5-2-1-4-11(12)14/h1-2,4-5,10H,3,6-9H2. The number of nitrogens with zero attached hydrogens (tertiary/aromatic N) is 1. The van der Waals surface area contributed by atoms with E-state index in [-0.39, 0.29) is 11.8 Å². The Bertz CT molecular complexity index is 412. The second kappa shape index (κ2) is 3.81. The lowest BCUT2D eigenvalue weighted by Gasteiger charge is -2.21. The molecule has 16 heavy (non-hydrogen) atoms. The van der Waals surface area contributed by atoms with Crippen molar-refractivity contribution in [3.8, 4) is 5.75 Å². The molecule has 1 aromatic rings. The van der Waals surface area contributed by atoms with Gasteiger partial charge in [-0.05, 0) is 31.4 Å². The van der Waals surface area contributed by atoms with E-state index in [2.05, 4.69) is 0 Å². The molecule has 1 aliphatic carbocycles. The van der Waals surface area contributed by atoms with Crippen molar-refractivity contribution >= 4 is 11.6 Å². The van der Waals surface area contributed by atoms with Gasteiger partial charge in [-0.15, -0.1) is 0 Å². The maximum atomic E-state index is 12.1. The molecule has 3 nitrogen and oxygen atoms in total. The number of hydrogen-bond donors (Lipinski definition) is 0. The fourth-order valence-electron chi connectivity index (χ4n) is 2.11. The monoisotopic (exact) mass is 217 g/mol. The Morgan fingerprint density at radius 3 is 2.94 bits per heavy atom. The quantitative estimate of drug-likeness (QED) is 0.721. The fraction of sp³-hybridized carbons (Fsp3) is 0.462. The summed E-state index contributed by atoms with van der Waals surface area (Å²) in [4.78, 5) is 14.0. The van der Waals surface area contributed by atoms with E-state index in [4.69, 9.17) is 4.74 Å². The Morgan fingerprint density at radius 2 is 2.12 bits per heavy atom. The van der Waals surface area contributed by atoms with Gasteiger partial charge in [0.25, 0.3) is 0 Å². The summed E-state index contributed by atoms with van der Waals surface area (Å²) in [5, 5.41) is 0. The van der Waals surface area contributed by atoms with Crippen LogP contribution in [0.3, 0.4) is 0 Å². The van der Waals surface area contributed by atoms with Gasteiger partial charge in [-0.2, -0.15) is 0 Å². The number of fused-ring (bicyclic) bond motifs is 1. The summed E-state index contributed by atoms with van der Waals surface area (Å²) < 4.78 is 5.64. The molecule has 1 aromatic carbocycles. The molecule has 0 unspecified atom stereocenters. The summed E-state index contributed by atoms with van der Waals surface area (Å²) in [5.41, 5.74) is 0.942. The number of ether oxygens (including phenoxy) is 1. The maximum absolute atomic E-state index is 12.1. The first-order valence-electron chi connectivity index (χ1n) is 5.89. The summed E-state index contributed by atoms with van der Waals surface area (Å²) in [6.45, 7) is 1.48. The highest BCUT2D eigenvalue weighted by molar-refractivity contribution is 5.97. The number of carbonyl (C=O) groups is 1. The highest BCUT2D eigenvalue weighted by atomic mass is 16.5. The molecular weight excluding hydrogens is 202 g/mol. The van der Waals surface area contributed by atoms with Crippen molar-refractivity contribution in [2.24, 2.45) is 5.92 Å². The number of anilines is 1. The fourth-order valence-corrected chi connectivity index (χ4v) is 2.11. The van der Waals surface area contributed by atoms with Gasteiger partial charge in [0, 0.05) is 12.5 Å². The van der Waals surface area contributed by atoms with Crippen LogP contribution >= 0.6 is 0 Å². The van der Waals surface area contributed by atoms with Gasteiger partial charge >= 0.3 is 0 Å². The highest BCUT2D eigenvalue weighted by Gasteiger charge is 2.35. The molecule has 1 fully saturated rings. The minimum atomic E-state index is 0.270. The van der Waals surface area contributed by atoms with E-state index in [9.17, 15) is 4.79 Å². The van der Waals surface area contributed by atoms with Gasteiger partial charge in [-0.3, -0.25) is 4.79 Å². The van der Waals surface area contributed by atoms with Crippen LogP contribution in [0.4, 0.5) is 5.69 Å². The van der Waals surface area contributed by atoms with E-state index in [1.165, 1.54) is 0 Å². The van der Waals surface area contributed by atoms with Crippen LogP contribution in [0.5, 0.6) is 5.75 Å². The average Bonchev–Trinajstić information content (AvgIpc) is 3.15. The van der Waals surface area contributed by atoms with Gasteiger partial charge in [0.1, 0.15) is 5.75 Å². The molecule has 0 spiro atoms. The Morgan fingerprint density at radius 1 is 1.31 bits per heavy atom. The first-order valence-corrected chi connectivity index (χ1v) is 5.89.